The minimum atomic E-state index is -0.481. The summed E-state index contributed by atoms with van der Waals surface area (Å²) in [6.07, 6.45) is 3.72. The van der Waals surface area contributed by atoms with E-state index in [2.05, 4.69) is 13.2 Å². The van der Waals surface area contributed by atoms with Crippen LogP contribution in [0.1, 0.15) is 28.8 Å². The summed E-state index contributed by atoms with van der Waals surface area (Å²) in [5.74, 6) is 0.465. The van der Waals surface area contributed by atoms with Crippen molar-refractivity contribution in [1.82, 2.24) is 0 Å². The van der Waals surface area contributed by atoms with E-state index in [1.54, 1.807) is 30.3 Å². The van der Waals surface area contributed by atoms with E-state index >= 15 is 0 Å². The van der Waals surface area contributed by atoms with Gasteiger partial charge in [0.2, 0.25) is 0 Å². The number of esters is 3. The van der Waals surface area contributed by atoms with Gasteiger partial charge < -0.3 is 33.2 Å². The van der Waals surface area contributed by atoms with Gasteiger partial charge >= 0.3 is 17.9 Å². The van der Waals surface area contributed by atoms with Gasteiger partial charge in [-0.05, 0) is 85.0 Å². The molecule has 0 fully saturated rings. The summed E-state index contributed by atoms with van der Waals surface area (Å²) >= 11 is 0. The summed E-state index contributed by atoms with van der Waals surface area (Å²) in [4.78, 5) is 34.7. The van der Waals surface area contributed by atoms with Crippen LogP contribution >= 0.6 is 0 Å². The number of aryl methyl sites for hydroxylation is 1. The smallest absolute Gasteiger partial charge is 0.343 e. The Hall–Kier alpha value is -4.93. The van der Waals surface area contributed by atoms with Gasteiger partial charge in [-0.1, -0.05) is 31.4 Å². The number of unbranched alkanes of at least 4 members (excludes halogenated alkanes) is 1. The zero-order valence-corrected chi connectivity index (χ0v) is 26.1. The third-order valence-electron chi connectivity index (χ3n) is 6.38. The van der Waals surface area contributed by atoms with Crippen molar-refractivity contribution in [1.29, 1.82) is 0 Å². The maximum absolute atomic E-state index is 12.8. The van der Waals surface area contributed by atoms with Gasteiger partial charge in [0, 0.05) is 12.2 Å². The van der Waals surface area contributed by atoms with Gasteiger partial charge in [-0.2, -0.15) is 0 Å². The van der Waals surface area contributed by atoms with E-state index in [9.17, 15) is 14.4 Å². The van der Waals surface area contributed by atoms with Crippen LogP contribution in [0.2, 0.25) is 0 Å². The number of carbonyl (C=O) groups excluding carboxylic acids is 3. The molecule has 244 valence electrons. The lowest BCUT2D eigenvalue weighted by Crippen LogP contribution is -2.13. The molecular weight excluding hydrogens is 592 g/mol. The molecule has 46 heavy (non-hydrogen) atoms. The molecule has 0 radical (unpaired) electrons. The van der Waals surface area contributed by atoms with E-state index in [1.807, 2.05) is 43.3 Å². The number of rotatable bonds is 21. The van der Waals surface area contributed by atoms with Crippen LogP contribution in [0.4, 0.5) is 0 Å². The molecular formula is C36H40O10. The second-order valence-corrected chi connectivity index (χ2v) is 9.79. The molecule has 0 aliphatic heterocycles. The van der Waals surface area contributed by atoms with E-state index in [1.165, 1.54) is 0 Å². The first-order valence-corrected chi connectivity index (χ1v) is 14.9. The van der Waals surface area contributed by atoms with Gasteiger partial charge in [-0.15, -0.1) is 0 Å². The van der Waals surface area contributed by atoms with Crippen molar-refractivity contribution in [3.63, 3.8) is 0 Å². The van der Waals surface area contributed by atoms with Crippen molar-refractivity contribution in [3.05, 3.63) is 103 Å². The predicted octanol–water partition coefficient (Wildman–Crippen LogP) is 5.91. The van der Waals surface area contributed by atoms with E-state index in [0.29, 0.717) is 63.1 Å². The molecule has 0 atom stereocenters. The zero-order chi connectivity index (χ0) is 33.0. The fourth-order valence-corrected chi connectivity index (χ4v) is 3.96. The van der Waals surface area contributed by atoms with E-state index < -0.39 is 17.9 Å². The average Bonchev–Trinajstić information content (AvgIpc) is 3.08. The Morgan fingerprint density at radius 1 is 0.609 bits per heavy atom. The lowest BCUT2D eigenvalue weighted by molar-refractivity contribution is -0.139. The maximum atomic E-state index is 12.8. The molecule has 0 aliphatic rings. The molecule has 0 unspecified atom stereocenters. The standard InChI is InChI=1S/C36H40O10/c1-4-34(37)44-19-7-6-18-42-31-13-8-28(9-14-31)30-12-17-33(27(3)26-30)46-36(39)29-10-15-32(16-11-29)43-24-22-40-20-21-41-23-25-45-35(38)5-2/h4-5,8-17,26H,1-2,6-7,18-25H2,3H3. The quantitative estimate of drug-likeness (QED) is 0.0607. The van der Waals surface area contributed by atoms with Crippen molar-refractivity contribution >= 4 is 17.9 Å². The van der Waals surface area contributed by atoms with Gasteiger partial charge in [-0.3, -0.25) is 0 Å². The Balaban J connectivity index is 1.36. The third-order valence-corrected chi connectivity index (χ3v) is 6.38. The van der Waals surface area contributed by atoms with Crippen LogP contribution in [0, 0.1) is 6.92 Å². The number of hydrogen-bond donors (Lipinski definition) is 0. The van der Waals surface area contributed by atoms with Crippen LogP contribution in [-0.2, 0) is 28.5 Å². The molecule has 3 aromatic carbocycles. The number of ether oxygens (including phenoxy) is 7. The monoisotopic (exact) mass is 632 g/mol. The molecule has 0 saturated carbocycles. The molecule has 10 heteroatoms. The second-order valence-electron chi connectivity index (χ2n) is 9.79. The maximum Gasteiger partial charge on any atom is 0.343 e. The topological polar surface area (TPSA) is 116 Å². The fraction of sp³-hybridized carbons (Fsp3) is 0.306. The number of hydrogen-bond acceptors (Lipinski definition) is 10. The van der Waals surface area contributed by atoms with Crippen LogP contribution in [0.5, 0.6) is 17.2 Å². The van der Waals surface area contributed by atoms with Gasteiger partial charge in [-0.25, -0.2) is 14.4 Å². The third kappa shape index (κ3) is 13.0. The molecule has 10 nitrogen and oxygen atoms in total. The summed E-state index contributed by atoms with van der Waals surface area (Å²) in [5, 5.41) is 0. The highest BCUT2D eigenvalue weighted by Crippen LogP contribution is 2.28. The molecule has 0 spiro atoms. The molecule has 3 rings (SSSR count). The average molecular weight is 633 g/mol. The minimum absolute atomic E-state index is 0.165. The van der Waals surface area contributed by atoms with Crippen molar-refractivity contribution in [3.8, 4) is 28.4 Å². The molecule has 0 aliphatic carbocycles. The van der Waals surface area contributed by atoms with Crippen molar-refractivity contribution in [2.45, 2.75) is 19.8 Å². The Bertz CT molecular complexity index is 1410. The Morgan fingerprint density at radius 3 is 1.76 bits per heavy atom. The number of carbonyl (C=O) groups is 3. The minimum Gasteiger partial charge on any atom is -0.494 e. The Kier molecular flexibility index (Phi) is 15.6. The summed E-state index contributed by atoms with van der Waals surface area (Å²) in [7, 11) is 0. The second kappa shape index (κ2) is 20.2. The Morgan fingerprint density at radius 2 is 1.13 bits per heavy atom. The molecule has 3 aromatic rings. The molecule has 0 N–H and O–H groups in total. The van der Waals surface area contributed by atoms with E-state index in [-0.39, 0.29) is 13.2 Å². The highest BCUT2D eigenvalue weighted by atomic mass is 16.6. The van der Waals surface area contributed by atoms with Gasteiger partial charge in [0.05, 0.1) is 45.2 Å². The summed E-state index contributed by atoms with van der Waals surface area (Å²) in [6, 6.07) is 20.1. The predicted molar refractivity (Wildman–Crippen MR) is 172 cm³/mol. The van der Waals surface area contributed by atoms with Crippen LogP contribution in [0.25, 0.3) is 11.1 Å². The SMILES string of the molecule is C=CC(=O)OCCCCOc1ccc(-c2ccc(OC(=O)c3ccc(OCCOCCOCCOC(=O)C=C)cc3)c(C)c2)cc1. The van der Waals surface area contributed by atoms with Crippen LogP contribution in [-0.4, -0.2) is 70.8 Å². The van der Waals surface area contributed by atoms with E-state index in [0.717, 1.165) is 41.0 Å². The van der Waals surface area contributed by atoms with Gasteiger partial charge in [0.1, 0.15) is 30.5 Å². The highest BCUT2D eigenvalue weighted by Gasteiger charge is 2.12. The van der Waals surface area contributed by atoms with Crippen molar-refractivity contribution in [2.24, 2.45) is 0 Å². The molecule has 0 heterocycles. The lowest BCUT2D eigenvalue weighted by Gasteiger charge is -2.11. The highest BCUT2D eigenvalue weighted by molar-refractivity contribution is 5.91. The Labute approximate surface area is 269 Å². The summed E-state index contributed by atoms with van der Waals surface area (Å²) in [6.45, 7) is 11.3. The van der Waals surface area contributed by atoms with Crippen molar-refractivity contribution < 1.29 is 47.5 Å². The van der Waals surface area contributed by atoms with Gasteiger partial charge in [0.15, 0.2) is 0 Å². The van der Waals surface area contributed by atoms with Crippen LogP contribution in [0.3, 0.4) is 0 Å². The first-order chi connectivity index (χ1) is 22.4. The summed E-state index contributed by atoms with van der Waals surface area (Å²) < 4.78 is 37.6. The molecule has 0 amide bonds. The molecule has 0 saturated heterocycles. The first-order valence-electron chi connectivity index (χ1n) is 14.9. The van der Waals surface area contributed by atoms with Crippen molar-refractivity contribution in [2.75, 3.05) is 52.9 Å². The first kappa shape index (κ1) is 35.5. The lowest BCUT2D eigenvalue weighted by atomic mass is 10.0. The van der Waals surface area contributed by atoms with E-state index in [4.69, 9.17) is 33.2 Å². The normalized spacial score (nSPS) is 10.5. The molecule has 0 aromatic heterocycles. The molecule has 0 bridgehead atoms. The largest absolute Gasteiger partial charge is 0.494 e. The van der Waals surface area contributed by atoms with Crippen LogP contribution in [0.15, 0.2) is 92.0 Å². The van der Waals surface area contributed by atoms with Gasteiger partial charge in [0.25, 0.3) is 0 Å². The number of benzene rings is 3. The van der Waals surface area contributed by atoms with Crippen LogP contribution < -0.4 is 14.2 Å². The summed E-state index contributed by atoms with van der Waals surface area (Å²) in [5.41, 5.74) is 3.21. The fourth-order valence-electron chi connectivity index (χ4n) is 3.96. The zero-order valence-electron chi connectivity index (χ0n) is 26.1.